The van der Waals surface area contributed by atoms with Crippen LogP contribution in [0.1, 0.15) is 51.7 Å². The summed E-state index contributed by atoms with van der Waals surface area (Å²) >= 11 is 0. The molecule has 0 fully saturated rings. The minimum absolute atomic E-state index is 0.0506. The third-order valence-corrected chi connectivity index (χ3v) is 6.16. The molecule has 0 bridgehead atoms. The Morgan fingerprint density at radius 3 is 2.11 bits per heavy atom. The summed E-state index contributed by atoms with van der Waals surface area (Å²) in [5.74, 6) is 1.74. The number of carbonyl (C=O) groups excluding carboxylic acids is 1. The number of rotatable bonds is 6. The van der Waals surface area contributed by atoms with Crippen LogP contribution in [0.2, 0.25) is 0 Å². The predicted octanol–water partition coefficient (Wildman–Crippen LogP) is 5.27. The van der Waals surface area contributed by atoms with Gasteiger partial charge in [0.05, 0.1) is 18.1 Å². The van der Waals surface area contributed by atoms with E-state index < -0.39 is 5.92 Å². The summed E-state index contributed by atoms with van der Waals surface area (Å²) in [7, 11) is 0. The van der Waals surface area contributed by atoms with E-state index >= 15 is 0 Å². The molecule has 2 aromatic rings. The summed E-state index contributed by atoms with van der Waals surface area (Å²) in [4.78, 5) is 14.3. The van der Waals surface area contributed by atoms with Gasteiger partial charge in [0.2, 0.25) is 11.8 Å². The summed E-state index contributed by atoms with van der Waals surface area (Å²) in [6, 6.07) is 17.7. The van der Waals surface area contributed by atoms with Crippen molar-refractivity contribution in [1.82, 2.24) is 4.90 Å². The summed E-state index contributed by atoms with van der Waals surface area (Å²) in [6.45, 7) is 10.2. The van der Waals surface area contributed by atoms with Crippen LogP contribution in [0.3, 0.4) is 0 Å². The van der Waals surface area contributed by atoms with Crippen molar-refractivity contribution in [3.8, 4) is 17.6 Å². The van der Waals surface area contributed by atoms with Crippen LogP contribution >= 0.6 is 0 Å². The van der Waals surface area contributed by atoms with Crippen LogP contribution in [0, 0.1) is 11.3 Å². The van der Waals surface area contributed by atoms with Crippen molar-refractivity contribution in [3.05, 3.63) is 88.0 Å². The van der Waals surface area contributed by atoms with Crippen molar-refractivity contribution in [1.29, 1.82) is 5.26 Å². The molecule has 7 heteroatoms. The highest BCUT2D eigenvalue weighted by atomic mass is 16.5. The van der Waals surface area contributed by atoms with Crippen molar-refractivity contribution in [2.75, 3.05) is 13.1 Å². The molecule has 2 aliphatic heterocycles. The van der Waals surface area contributed by atoms with E-state index in [1.807, 2.05) is 82.3 Å². The van der Waals surface area contributed by atoms with Crippen LogP contribution in [0.5, 0.6) is 11.5 Å². The maximum absolute atomic E-state index is 12.5. The molecule has 2 aromatic carbocycles. The molecule has 0 radical (unpaired) electrons. The van der Waals surface area contributed by atoms with E-state index in [2.05, 4.69) is 6.07 Å². The molecule has 0 aliphatic carbocycles. The SMILES string of the molecule is CC(=O)N1CC2=C(OC(N)=C(C#N)C2c2ccc(OC(C)C)cc2)/C(=C/c2ccc(OC(C)C)cc2)C1. The first-order valence-electron chi connectivity index (χ1n) is 12.5. The lowest BCUT2D eigenvalue weighted by molar-refractivity contribution is -0.128. The quantitative estimate of drug-likeness (QED) is 0.582. The Labute approximate surface area is 218 Å². The van der Waals surface area contributed by atoms with E-state index in [4.69, 9.17) is 19.9 Å². The summed E-state index contributed by atoms with van der Waals surface area (Å²) in [6.07, 6.45) is 2.13. The number of amides is 1. The third kappa shape index (κ3) is 5.80. The topological polar surface area (TPSA) is 97.8 Å². The normalized spacial score (nSPS) is 18.6. The molecule has 0 spiro atoms. The first-order chi connectivity index (χ1) is 17.7. The fourth-order valence-corrected chi connectivity index (χ4v) is 4.60. The van der Waals surface area contributed by atoms with Crippen LogP contribution in [0.15, 0.2) is 76.9 Å². The van der Waals surface area contributed by atoms with Gasteiger partial charge in [-0.15, -0.1) is 0 Å². The second-order valence-electron chi connectivity index (χ2n) is 9.80. The molecule has 0 saturated heterocycles. The number of hydrogen-bond acceptors (Lipinski definition) is 6. The van der Waals surface area contributed by atoms with E-state index in [1.165, 1.54) is 0 Å². The van der Waals surface area contributed by atoms with Gasteiger partial charge in [0.1, 0.15) is 28.9 Å². The highest BCUT2D eigenvalue weighted by Crippen LogP contribution is 2.44. The van der Waals surface area contributed by atoms with Crippen molar-refractivity contribution < 1.29 is 19.0 Å². The van der Waals surface area contributed by atoms with E-state index in [9.17, 15) is 10.1 Å². The number of hydrogen-bond donors (Lipinski definition) is 1. The Balaban J connectivity index is 1.78. The lowest BCUT2D eigenvalue weighted by Gasteiger charge is -2.38. The van der Waals surface area contributed by atoms with Crippen molar-refractivity contribution in [3.63, 3.8) is 0 Å². The Hall–Kier alpha value is -4.18. The zero-order valence-electron chi connectivity index (χ0n) is 21.9. The molecule has 2 N–H and O–H groups in total. The molecule has 1 atom stereocenters. The number of ether oxygens (including phenoxy) is 3. The molecule has 2 aliphatic rings. The fraction of sp³-hybridized carbons (Fsp3) is 0.333. The van der Waals surface area contributed by atoms with E-state index in [1.54, 1.807) is 11.8 Å². The molecular formula is C30H33N3O4. The monoisotopic (exact) mass is 499 g/mol. The van der Waals surface area contributed by atoms with Crippen LogP contribution in [-0.4, -0.2) is 36.1 Å². The summed E-state index contributed by atoms with van der Waals surface area (Å²) < 4.78 is 17.6. The molecule has 2 heterocycles. The number of nitrogens with zero attached hydrogens (tertiary/aromatic N) is 2. The maximum Gasteiger partial charge on any atom is 0.220 e. The molecule has 192 valence electrons. The second kappa shape index (κ2) is 10.8. The van der Waals surface area contributed by atoms with Crippen LogP contribution in [0.4, 0.5) is 0 Å². The van der Waals surface area contributed by atoms with Gasteiger partial charge in [-0.05, 0) is 69.2 Å². The number of nitriles is 1. The lowest BCUT2D eigenvalue weighted by atomic mass is 9.80. The molecule has 37 heavy (non-hydrogen) atoms. The zero-order chi connectivity index (χ0) is 26.7. The predicted molar refractivity (Wildman–Crippen MR) is 142 cm³/mol. The highest BCUT2D eigenvalue weighted by Gasteiger charge is 2.38. The number of benzene rings is 2. The van der Waals surface area contributed by atoms with Gasteiger partial charge in [-0.1, -0.05) is 24.3 Å². The Morgan fingerprint density at radius 1 is 1.03 bits per heavy atom. The Kier molecular flexibility index (Phi) is 7.58. The molecule has 4 rings (SSSR count). The van der Waals surface area contributed by atoms with Gasteiger partial charge >= 0.3 is 0 Å². The standard InChI is InChI=1S/C30H33N3O4/c1-18(2)35-24-10-6-21(7-11-24)14-23-16-33(20(5)34)17-27-28(26(15-31)30(32)37-29(23)27)22-8-12-25(13-9-22)36-19(3)4/h6-14,18-19,28H,16-17,32H2,1-5H3/b23-14+. The molecule has 1 amide bonds. The molecule has 0 aromatic heterocycles. The van der Waals surface area contributed by atoms with E-state index in [0.717, 1.165) is 33.8 Å². The van der Waals surface area contributed by atoms with Crippen molar-refractivity contribution >= 4 is 12.0 Å². The maximum atomic E-state index is 12.5. The molecule has 0 saturated carbocycles. The molecule has 7 nitrogen and oxygen atoms in total. The van der Waals surface area contributed by atoms with Gasteiger partial charge in [-0.2, -0.15) is 5.26 Å². The van der Waals surface area contributed by atoms with E-state index in [-0.39, 0.29) is 24.0 Å². The van der Waals surface area contributed by atoms with Crippen LogP contribution in [0.25, 0.3) is 6.08 Å². The zero-order valence-corrected chi connectivity index (χ0v) is 21.9. The van der Waals surface area contributed by atoms with Crippen LogP contribution in [-0.2, 0) is 9.53 Å². The number of allylic oxidation sites excluding steroid dienone is 1. The van der Waals surface area contributed by atoms with Gasteiger partial charge < -0.3 is 24.8 Å². The Bertz CT molecular complexity index is 1300. The highest BCUT2D eigenvalue weighted by molar-refractivity contribution is 5.76. The molecule has 1 unspecified atom stereocenters. The second-order valence-corrected chi connectivity index (χ2v) is 9.80. The number of carbonyl (C=O) groups is 1. The van der Waals surface area contributed by atoms with Gasteiger partial charge in [0.25, 0.3) is 0 Å². The number of nitrogens with two attached hydrogens (primary N) is 1. The van der Waals surface area contributed by atoms with Gasteiger partial charge in [0, 0.05) is 31.2 Å². The van der Waals surface area contributed by atoms with Crippen molar-refractivity contribution in [2.24, 2.45) is 5.73 Å². The molecular weight excluding hydrogens is 466 g/mol. The fourth-order valence-electron chi connectivity index (χ4n) is 4.60. The lowest BCUT2D eigenvalue weighted by Crippen LogP contribution is -2.40. The van der Waals surface area contributed by atoms with Gasteiger partial charge in [-0.25, -0.2) is 0 Å². The van der Waals surface area contributed by atoms with Gasteiger partial charge in [-0.3, -0.25) is 4.79 Å². The first kappa shape index (κ1) is 25.9. The largest absolute Gasteiger partial charge is 0.491 e. The minimum Gasteiger partial charge on any atom is -0.491 e. The first-order valence-corrected chi connectivity index (χ1v) is 12.5. The van der Waals surface area contributed by atoms with Crippen LogP contribution < -0.4 is 15.2 Å². The third-order valence-electron chi connectivity index (χ3n) is 6.16. The average molecular weight is 500 g/mol. The van der Waals surface area contributed by atoms with Gasteiger partial charge in [0.15, 0.2) is 0 Å². The average Bonchev–Trinajstić information content (AvgIpc) is 2.84. The summed E-state index contributed by atoms with van der Waals surface area (Å²) in [5.41, 5.74) is 10.1. The summed E-state index contributed by atoms with van der Waals surface area (Å²) in [5, 5.41) is 10.00. The van der Waals surface area contributed by atoms with E-state index in [0.29, 0.717) is 24.4 Å². The Morgan fingerprint density at radius 2 is 1.59 bits per heavy atom. The smallest absolute Gasteiger partial charge is 0.220 e. The minimum atomic E-state index is -0.436. The van der Waals surface area contributed by atoms with Crippen molar-refractivity contribution in [2.45, 2.75) is 52.7 Å².